The van der Waals surface area contributed by atoms with E-state index in [0.29, 0.717) is 18.5 Å². The first-order chi connectivity index (χ1) is 12.0. The average molecular weight is 344 g/mol. The van der Waals surface area contributed by atoms with Gasteiger partial charge in [-0.2, -0.15) is 0 Å². The summed E-state index contributed by atoms with van der Waals surface area (Å²) in [5.41, 5.74) is 2.38. The molecule has 1 saturated carbocycles. The third-order valence-corrected chi connectivity index (χ3v) is 6.35. The minimum absolute atomic E-state index is 0.165. The van der Waals surface area contributed by atoms with Crippen molar-refractivity contribution in [1.82, 2.24) is 15.5 Å². The summed E-state index contributed by atoms with van der Waals surface area (Å²) in [6, 6.07) is 8.99. The maximum atomic E-state index is 13.1. The number of benzene rings is 1. The maximum Gasteiger partial charge on any atom is 0.228 e. The molecule has 138 valence electrons. The van der Waals surface area contributed by atoms with Gasteiger partial charge in [-0.15, -0.1) is 0 Å². The van der Waals surface area contributed by atoms with E-state index in [-0.39, 0.29) is 11.3 Å². The minimum atomic E-state index is -0.165. The number of carbonyl (C=O) groups excluding carboxylic acids is 1. The molecule has 0 radical (unpaired) electrons. The average Bonchev–Trinajstić information content (AvgIpc) is 3.05. The van der Waals surface area contributed by atoms with E-state index in [9.17, 15) is 4.79 Å². The van der Waals surface area contributed by atoms with Crippen molar-refractivity contribution in [3.8, 4) is 0 Å². The van der Waals surface area contributed by atoms with Crippen LogP contribution in [0.4, 0.5) is 0 Å². The van der Waals surface area contributed by atoms with Gasteiger partial charge in [-0.3, -0.25) is 9.69 Å². The van der Waals surface area contributed by atoms with Crippen LogP contribution in [0.5, 0.6) is 0 Å². The molecule has 2 atom stereocenters. The van der Waals surface area contributed by atoms with Crippen LogP contribution >= 0.6 is 0 Å². The van der Waals surface area contributed by atoms with Crippen LogP contribution in [0.15, 0.2) is 24.3 Å². The van der Waals surface area contributed by atoms with E-state index in [1.807, 2.05) is 0 Å². The number of hydrogen-bond donors (Lipinski definition) is 2. The van der Waals surface area contributed by atoms with Gasteiger partial charge in [-0.25, -0.2) is 0 Å². The molecule has 4 nitrogen and oxygen atoms in total. The summed E-state index contributed by atoms with van der Waals surface area (Å²) < 4.78 is 0. The summed E-state index contributed by atoms with van der Waals surface area (Å²) >= 11 is 0. The highest BCUT2D eigenvalue weighted by atomic mass is 16.2. The molecule has 2 aliphatic rings. The van der Waals surface area contributed by atoms with Gasteiger partial charge < -0.3 is 10.6 Å². The van der Waals surface area contributed by atoms with E-state index >= 15 is 0 Å². The summed E-state index contributed by atoms with van der Waals surface area (Å²) in [5, 5.41) is 6.74. The summed E-state index contributed by atoms with van der Waals surface area (Å²) in [7, 11) is 2.15. The Hall–Kier alpha value is -1.39. The molecule has 0 spiro atoms. The largest absolute Gasteiger partial charge is 0.351 e. The number of rotatable bonds is 6. The quantitative estimate of drug-likeness (QED) is 0.835. The third kappa shape index (κ3) is 3.90. The Kier molecular flexibility index (Phi) is 5.80. The highest BCUT2D eigenvalue weighted by molar-refractivity contribution is 5.83. The van der Waals surface area contributed by atoms with Gasteiger partial charge in [-0.05, 0) is 57.3 Å². The molecule has 2 N–H and O–H groups in total. The molecule has 3 rings (SSSR count). The van der Waals surface area contributed by atoms with Gasteiger partial charge in [0, 0.05) is 25.7 Å². The molecule has 1 aliphatic heterocycles. The van der Waals surface area contributed by atoms with Crippen molar-refractivity contribution in [1.29, 1.82) is 0 Å². The Morgan fingerprint density at radius 3 is 2.84 bits per heavy atom. The number of fused-ring (bicyclic) bond motifs is 1. The lowest BCUT2D eigenvalue weighted by Crippen LogP contribution is -2.47. The van der Waals surface area contributed by atoms with Crippen LogP contribution in [0.2, 0.25) is 0 Å². The second-order valence-corrected chi connectivity index (χ2v) is 8.19. The molecule has 1 aromatic rings. The third-order valence-electron chi connectivity index (χ3n) is 6.35. The van der Waals surface area contributed by atoms with Crippen LogP contribution in [0.3, 0.4) is 0 Å². The van der Waals surface area contributed by atoms with Gasteiger partial charge in [0.1, 0.15) is 0 Å². The normalized spacial score (nSPS) is 26.0. The second-order valence-electron chi connectivity index (χ2n) is 8.19. The summed E-state index contributed by atoms with van der Waals surface area (Å²) in [5.74, 6) is 0.776. The Morgan fingerprint density at radius 1 is 1.32 bits per heavy atom. The molecule has 1 saturated heterocycles. The smallest absolute Gasteiger partial charge is 0.228 e. The van der Waals surface area contributed by atoms with E-state index < -0.39 is 0 Å². The monoisotopic (exact) mass is 343 g/mol. The topological polar surface area (TPSA) is 44.4 Å². The van der Waals surface area contributed by atoms with Crippen LogP contribution in [-0.2, 0) is 17.9 Å². The predicted octanol–water partition coefficient (Wildman–Crippen LogP) is 2.92. The van der Waals surface area contributed by atoms with E-state index in [2.05, 4.69) is 60.7 Å². The van der Waals surface area contributed by atoms with Gasteiger partial charge in [0.15, 0.2) is 0 Å². The number of nitrogens with one attached hydrogen (secondary N) is 2. The molecule has 0 aromatic heterocycles. The highest BCUT2D eigenvalue weighted by Crippen LogP contribution is 2.43. The van der Waals surface area contributed by atoms with Gasteiger partial charge in [0.2, 0.25) is 5.91 Å². The number of hydrogen-bond acceptors (Lipinski definition) is 3. The molecule has 1 heterocycles. The van der Waals surface area contributed by atoms with Crippen LogP contribution in [0.25, 0.3) is 0 Å². The van der Waals surface area contributed by atoms with E-state index in [1.54, 1.807) is 0 Å². The molecule has 1 aromatic carbocycles. The number of amides is 1. The molecule has 4 heteroatoms. The Labute approximate surface area is 152 Å². The van der Waals surface area contributed by atoms with Crippen molar-refractivity contribution in [3.05, 3.63) is 35.4 Å². The number of nitrogens with zero attached hydrogens (tertiary/aromatic N) is 1. The summed E-state index contributed by atoms with van der Waals surface area (Å²) in [6.45, 7) is 7.82. The summed E-state index contributed by atoms with van der Waals surface area (Å²) in [6.07, 6.45) is 4.68. The minimum Gasteiger partial charge on any atom is -0.351 e. The molecule has 0 unspecified atom stereocenters. The first-order valence-electron chi connectivity index (χ1n) is 9.79. The summed E-state index contributed by atoms with van der Waals surface area (Å²) in [4.78, 5) is 15.4. The Morgan fingerprint density at radius 2 is 2.08 bits per heavy atom. The fourth-order valence-corrected chi connectivity index (χ4v) is 4.38. The highest BCUT2D eigenvalue weighted by Gasteiger charge is 2.49. The van der Waals surface area contributed by atoms with Gasteiger partial charge in [-0.1, -0.05) is 37.1 Å². The standard InChI is InChI=1S/C21H33N3O/c1-16(2)24(3)14-18-9-5-4-8-17(18)12-23-20(25)21-11-7-6-10-19(21)13-22-15-21/h4-5,8-9,16,19,22H,6-7,10-15H2,1-3H3,(H,23,25)/t19-,21+/m0/s1. The molecular weight excluding hydrogens is 310 g/mol. The molecule has 25 heavy (non-hydrogen) atoms. The molecule has 2 fully saturated rings. The van der Waals surface area contributed by atoms with E-state index in [1.165, 1.54) is 30.4 Å². The first kappa shape index (κ1) is 18.4. The Balaban J connectivity index is 1.66. The van der Waals surface area contributed by atoms with Crippen LogP contribution in [0, 0.1) is 11.3 Å². The zero-order valence-electron chi connectivity index (χ0n) is 16.0. The van der Waals surface area contributed by atoms with Gasteiger partial charge in [0.25, 0.3) is 0 Å². The zero-order valence-corrected chi connectivity index (χ0v) is 16.0. The van der Waals surface area contributed by atoms with Crippen molar-refractivity contribution in [2.45, 2.75) is 58.7 Å². The lowest BCUT2D eigenvalue weighted by Gasteiger charge is -2.37. The second kappa shape index (κ2) is 7.88. The molecule has 1 aliphatic carbocycles. The van der Waals surface area contributed by atoms with Gasteiger partial charge in [0.05, 0.1) is 5.41 Å². The van der Waals surface area contributed by atoms with Crippen molar-refractivity contribution >= 4 is 5.91 Å². The van der Waals surface area contributed by atoms with Crippen molar-refractivity contribution in [3.63, 3.8) is 0 Å². The maximum absolute atomic E-state index is 13.1. The van der Waals surface area contributed by atoms with Crippen molar-refractivity contribution in [2.75, 3.05) is 20.1 Å². The fraction of sp³-hybridized carbons (Fsp3) is 0.667. The Bertz CT molecular complexity index is 601. The lowest BCUT2D eigenvalue weighted by molar-refractivity contribution is -0.134. The van der Waals surface area contributed by atoms with Crippen LogP contribution in [-0.4, -0.2) is 37.0 Å². The van der Waals surface area contributed by atoms with Crippen molar-refractivity contribution in [2.24, 2.45) is 11.3 Å². The molecule has 1 amide bonds. The first-order valence-corrected chi connectivity index (χ1v) is 9.79. The zero-order chi connectivity index (χ0) is 17.9. The van der Waals surface area contributed by atoms with Crippen LogP contribution in [0.1, 0.15) is 50.7 Å². The number of carbonyl (C=O) groups is 1. The van der Waals surface area contributed by atoms with Crippen LogP contribution < -0.4 is 10.6 Å². The predicted molar refractivity (Wildman–Crippen MR) is 102 cm³/mol. The fourth-order valence-electron chi connectivity index (χ4n) is 4.38. The molecule has 0 bridgehead atoms. The van der Waals surface area contributed by atoms with Crippen molar-refractivity contribution < 1.29 is 4.79 Å². The van der Waals surface area contributed by atoms with E-state index in [4.69, 9.17) is 0 Å². The SMILES string of the molecule is CC(C)N(C)Cc1ccccc1CNC(=O)[C@@]12CCCC[C@H]1CNC2. The lowest BCUT2D eigenvalue weighted by atomic mass is 9.67. The van der Waals surface area contributed by atoms with E-state index in [0.717, 1.165) is 26.1 Å². The van der Waals surface area contributed by atoms with Gasteiger partial charge >= 0.3 is 0 Å². The molecular formula is C21H33N3O.